The summed E-state index contributed by atoms with van der Waals surface area (Å²) in [7, 11) is 1.73. The van der Waals surface area contributed by atoms with Crippen molar-refractivity contribution in [3.63, 3.8) is 0 Å². The lowest BCUT2D eigenvalue weighted by Gasteiger charge is -2.01. The fourth-order valence-electron chi connectivity index (χ4n) is 0.962. The standard InChI is InChI=1S/C7H9BN2O2/c1-5-2-3-6(9-8)4-7(5)10(11)12/h2-4,9H,8H2,1H3. The second kappa shape index (κ2) is 3.25. The Morgan fingerprint density at radius 1 is 1.58 bits per heavy atom. The van der Waals surface area contributed by atoms with E-state index in [2.05, 4.69) is 5.23 Å². The molecule has 62 valence electrons. The Kier molecular flexibility index (Phi) is 2.33. The molecule has 1 rings (SSSR count). The molecule has 12 heavy (non-hydrogen) atoms. The molecule has 0 radical (unpaired) electrons. The van der Waals surface area contributed by atoms with Crippen molar-refractivity contribution in [2.24, 2.45) is 0 Å². The van der Waals surface area contributed by atoms with Gasteiger partial charge in [0.05, 0.1) is 4.92 Å². The summed E-state index contributed by atoms with van der Waals surface area (Å²) in [5, 5.41) is 13.3. The zero-order valence-corrected chi connectivity index (χ0v) is 7.00. The van der Waals surface area contributed by atoms with Crippen molar-refractivity contribution in [2.45, 2.75) is 6.92 Å². The van der Waals surface area contributed by atoms with E-state index >= 15 is 0 Å². The third-order valence-corrected chi connectivity index (χ3v) is 1.69. The molecule has 0 amide bonds. The molecule has 0 spiro atoms. The zero-order chi connectivity index (χ0) is 9.14. The van der Waals surface area contributed by atoms with Crippen molar-refractivity contribution in [1.29, 1.82) is 0 Å². The minimum Gasteiger partial charge on any atom is -0.434 e. The van der Waals surface area contributed by atoms with E-state index < -0.39 is 0 Å². The van der Waals surface area contributed by atoms with Crippen LogP contribution >= 0.6 is 0 Å². The van der Waals surface area contributed by atoms with Crippen LogP contribution in [-0.2, 0) is 0 Å². The van der Waals surface area contributed by atoms with Crippen LogP contribution in [0.25, 0.3) is 0 Å². The second-order valence-corrected chi connectivity index (χ2v) is 2.51. The van der Waals surface area contributed by atoms with Crippen LogP contribution in [-0.4, -0.2) is 12.9 Å². The van der Waals surface area contributed by atoms with Crippen molar-refractivity contribution >= 4 is 19.4 Å². The van der Waals surface area contributed by atoms with Crippen LogP contribution in [0.4, 0.5) is 11.4 Å². The van der Waals surface area contributed by atoms with Crippen LogP contribution in [0.1, 0.15) is 5.56 Å². The van der Waals surface area contributed by atoms with Crippen molar-refractivity contribution in [1.82, 2.24) is 0 Å². The third-order valence-electron chi connectivity index (χ3n) is 1.69. The highest BCUT2D eigenvalue weighted by Gasteiger charge is 2.09. The van der Waals surface area contributed by atoms with Crippen LogP contribution in [0.2, 0.25) is 0 Å². The van der Waals surface area contributed by atoms with Gasteiger partial charge in [-0.2, -0.15) is 0 Å². The molecule has 0 aliphatic carbocycles. The van der Waals surface area contributed by atoms with Gasteiger partial charge in [-0.25, -0.2) is 0 Å². The lowest BCUT2D eigenvalue weighted by Crippen LogP contribution is -1.95. The van der Waals surface area contributed by atoms with E-state index in [4.69, 9.17) is 0 Å². The molecule has 0 bridgehead atoms. The summed E-state index contributed by atoms with van der Waals surface area (Å²) in [6, 6.07) is 5.06. The molecule has 1 aromatic rings. The number of aryl methyl sites for hydroxylation is 1. The molecular formula is C7H9BN2O2. The zero-order valence-electron chi connectivity index (χ0n) is 7.00. The normalized spacial score (nSPS) is 9.42. The first-order valence-corrected chi connectivity index (χ1v) is 3.58. The molecule has 0 saturated heterocycles. The summed E-state index contributed by atoms with van der Waals surface area (Å²) in [6.07, 6.45) is 0. The van der Waals surface area contributed by atoms with Gasteiger partial charge < -0.3 is 5.23 Å². The lowest BCUT2D eigenvalue weighted by atomic mass is 10.1. The Balaban J connectivity index is 3.17. The van der Waals surface area contributed by atoms with Crippen LogP contribution in [0.15, 0.2) is 18.2 Å². The topological polar surface area (TPSA) is 55.2 Å². The molecule has 0 fully saturated rings. The van der Waals surface area contributed by atoms with Crippen molar-refractivity contribution in [2.75, 3.05) is 5.23 Å². The van der Waals surface area contributed by atoms with Gasteiger partial charge in [-0.05, 0) is 13.0 Å². The molecular weight excluding hydrogens is 155 g/mol. The average molecular weight is 164 g/mol. The smallest absolute Gasteiger partial charge is 0.274 e. The summed E-state index contributed by atoms with van der Waals surface area (Å²) < 4.78 is 0. The van der Waals surface area contributed by atoms with Crippen molar-refractivity contribution in [3.8, 4) is 0 Å². The largest absolute Gasteiger partial charge is 0.434 e. The first kappa shape index (κ1) is 8.58. The van der Waals surface area contributed by atoms with Gasteiger partial charge in [0, 0.05) is 17.3 Å². The van der Waals surface area contributed by atoms with Gasteiger partial charge in [-0.1, -0.05) is 6.07 Å². The maximum Gasteiger partial charge on any atom is 0.274 e. The first-order chi connectivity index (χ1) is 5.65. The van der Waals surface area contributed by atoms with E-state index in [1.54, 1.807) is 21.0 Å². The lowest BCUT2D eigenvalue weighted by molar-refractivity contribution is -0.385. The van der Waals surface area contributed by atoms with E-state index in [1.807, 2.05) is 6.07 Å². The number of nitro benzene ring substituents is 1. The first-order valence-electron chi connectivity index (χ1n) is 3.58. The molecule has 1 aromatic carbocycles. The van der Waals surface area contributed by atoms with Crippen LogP contribution in [0.5, 0.6) is 0 Å². The number of hydrogen-bond donors (Lipinski definition) is 1. The molecule has 5 heteroatoms. The van der Waals surface area contributed by atoms with Crippen molar-refractivity contribution < 1.29 is 4.92 Å². The highest BCUT2D eigenvalue weighted by atomic mass is 16.6. The van der Waals surface area contributed by atoms with Gasteiger partial charge >= 0.3 is 0 Å². The summed E-state index contributed by atoms with van der Waals surface area (Å²) in [5.41, 5.74) is 1.59. The molecule has 0 aromatic heterocycles. The van der Waals surface area contributed by atoms with E-state index in [-0.39, 0.29) is 10.6 Å². The van der Waals surface area contributed by atoms with Gasteiger partial charge in [0.15, 0.2) is 0 Å². The van der Waals surface area contributed by atoms with E-state index in [0.29, 0.717) is 5.56 Å². The number of anilines is 1. The minimum absolute atomic E-state index is 0.154. The van der Waals surface area contributed by atoms with E-state index in [9.17, 15) is 10.1 Å². The predicted octanol–water partition coefficient (Wildman–Crippen LogP) is 0.863. The molecule has 0 aliphatic heterocycles. The molecule has 0 aliphatic rings. The fraction of sp³-hybridized carbons (Fsp3) is 0.143. The van der Waals surface area contributed by atoms with Crippen LogP contribution in [0, 0.1) is 17.0 Å². The Morgan fingerprint density at radius 3 is 2.75 bits per heavy atom. The summed E-state index contributed by atoms with van der Waals surface area (Å²) in [6.45, 7) is 1.72. The minimum atomic E-state index is -0.379. The van der Waals surface area contributed by atoms with E-state index in [0.717, 1.165) is 5.69 Å². The average Bonchev–Trinajstić information content (AvgIpc) is 2.05. The highest BCUT2D eigenvalue weighted by Crippen LogP contribution is 2.21. The number of nitrogens with one attached hydrogen (secondary N) is 1. The Bertz CT molecular complexity index is 314. The number of hydrogen-bond acceptors (Lipinski definition) is 3. The molecule has 0 saturated carbocycles. The predicted molar refractivity (Wildman–Crippen MR) is 50.0 cm³/mol. The van der Waals surface area contributed by atoms with Gasteiger partial charge in [-0.3, -0.25) is 10.1 Å². The number of rotatable bonds is 2. The van der Waals surface area contributed by atoms with Gasteiger partial charge in [0.2, 0.25) is 7.98 Å². The Morgan fingerprint density at radius 2 is 2.25 bits per heavy atom. The van der Waals surface area contributed by atoms with Gasteiger partial charge in [-0.15, -0.1) is 0 Å². The summed E-state index contributed by atoms with van der Waals surface area (Å²) >= 11 is 0. The fourth-order valence-corrected chi connectivity index (χ4v) is 0.962. The Hall–Kier alpha value is -1.52. The van der Waals surface area contributed by atoms with Crippen LogP contribution < -0.4 is 5.23 Å². The van der Waals surface area contributed by atoms with E-state index in [1.165, 1.54) is 6.07 Å². The number of nitrogens with zero attached hydrogens (tertiary/aromatic N) is 1. The Labute approximate surface area is 71.2 Å². The quantitative estimate of drug-likeness (QED) is 0.400. The molecule has 1 N–H and O–H groups in total. The second-order valence-electron chi connectivity index (χ2n) is 2.51. The number of nitro groups is 1. The molecule has 0 heterocycles. The highest BCUT2D eigenvalue weighted by molar-refractivity contribution is 6.15. The van der Waals surface area contributed by atoms with Gasteiger partial charge in [0.1, 0.15) is 0 Å². The molecule has 0 atom stereocenters. The summed E-state index contributed by atoms with van der Waals surface area (Å²) in [5.74, 6) is 0. The third kappa shape index (κ3) is 1.55. The number of benzene rings is 1. The van der Waals surface area contributed by atoms with Crippen LogP contribution in [0.3, 0.4) is 0 Å². The monoisotopic (exact) mass is 164 g/mol. The SMILES string of the molecule is BNc1ccc(C)c([N+](=O)[O-])c1. The maximum atomic E-state index is 10.5. The maximum absolute atomic E-state index is 10.5. The van der Waals surface area contributed by atoms with Crippen molar-refractivity contribution in [3.05, 3.63) is 33.9 Å². The molecule has 4 nitrogen and oxygen atoms in total. The molecule has 0 unspecified atom stereocenters. The van der Waals surface area contributed by atoms with Gasteiger partial charge in [0.25, 0.3) is 5.69 Å². The summed E-state index contributed by atoms with van der Waals surface area (Å²) in [4.78, 5) is 10.1.